The third-order valence-corrected chi connectivity index (χ3v) is 4.43. The number of aliphatic hydroxyl groups is 1. The van der Waals surface area contributed by atoms with E-state index in [9.17, 15) is 15.2 Å². The van der Waals surface area contributed by atoms with Crippen molar-refractivity contribution in [3.8, 4) is 0 Å². The first-order chi connectivity index (χ1) is 9.01. The highest BCUT2D eigenvalue weighted by Crippen LogP contribution is 2.21. The van der Waals surface area contributed by atoms with Crippen molar-refractivity contribution in [3.63, 3.8) is 0 Å². The van der Waals surface area contributed by atoms with Crippen molar-refractivity contribution in [2.75, 3.05) is 12.9 Å². The Morgan fingerprint density at radius 2 is 2.21 bits per heavy atom. The quantitative estimate of drug-likeness (QED) is 0.592. The highest BCUT2D eigenvalue weighted by Gasteiger charge is 2.17. The number of hydrogen-bond acceptors (Lipinski definition) is 5. The molecular formula is C13H20N2O3S. The summed E-state index contributed by atoms with van der Waals surface area (Å²) in [6, 6.07) is 5.24. The summed E-state index contributed by atoms with van der Waals surface area (Å²) in [5.41, 5.74) is 1.76. The molecule has 2 N–H and O–H groups in total. The van der Waals surface area contributed by atoms with E-state index in [1.807, 2.05) is 19.2 Å². The fourth-order valence-electron chi connectivity index (χ4n) is 1.90. The zero-order valence-corrected chi connectivity index (χ0v) is 12.2. The van der Waals surface area contributed by atoms with Gasteiger partial charge in [0.1, 0.15) is 0 Å². The van der Waals surface area contributed by atoms with Crippen molar-refractivity contribution in [2.24, 2.45) is 0 Å². The number of nitro groups is 1. The molecule has 0 amide bonds. The van der Waals surface area contributed by atoms with Gasteiger partial charge in [0, 0.05) is 29.5 Å². The van der Waals surface area contributed by atoms with Gasteiger partial charge in [-0.25, -0.2) is 0 Å². The first-order valence-corrected chi connectivity index (χ1v) is 7.40. The lowest BCUT2D eigenvalue weighted by molar-refractivity contribution is -0.385. The van der Waals surface area contributed by atoms with Crippen LogP contribution in [-0.2, 0) is 6.54 Å². The fraction of sp³-hybridized carbons (Fsp3) is 0.538. The molecule has 0 heterocycles. The van der Waals surface area contributed by atoms with Gasteiger partial charge in [0.2, 0.25) is 0 Å². The number of hydrogen-bond donors (Lipinski definition) is 2. The van der Waals surface area contributed by atoms with E-state index in [4.69, 9.17) is 0 Å². The van der Waals surface area contributed by atoms with Crippen molar-refractivity contribution in [1.29, 1.82) is 0 Å². The number of nitro benzene ring substituents is 1. The van der Waals surface area contributed by atoms with E-state index in [2.05, 4.69) is 5.32 Å². The molecule has 6 heteroatoms. The van der Waals surface area contributed by atoms with Crippen molar-refractivity contribution in [3.05, 3.63) is 39.4 Å². The molecule has 19 heavy (non-hydrogen) atoms. The van der Waals surface area contributed by atoms with Crippen LogP contribution in [0.15, 0.2) is 18.2 Å². The van der Waals surface area contributed by atoms with Crippen molar-refractivity contribution in [2.45, 2.75) is 31.7 Å². The van der Waals surface area contributed by atoms with Crippen LogP contribution in [0.1, 0.15) is 18.1 Å². The second-order valence-electron chi connectivity index (χ2n) is 4.44. The Kier molecular flexibility index (Phi) is 6.27. The third-order valence-electron chi connectivity index (χ3n) is 3.27. The number of thioether (sulfide) groups is 1. The highest BCUT2D eigenvalue weighted by molar-refractivity contribution is 7.99. The van der Waals surface area contributed by atoms with E-state index in [1.165, 1.54) is 6.07 Å². The van der Waals surface area contributed by atoms with Gasteiger partial charge in [0.25, 0.3) is 5.69 Å². The molecule has 1 rings (SSSR count). The summed E-state index contributed by atoms with van der Waals surface area (Å²) < 4.78 is 0. The summed E-state index contributed by atoms with van der Waals surface area (Å²) in [5, 5.41) is 23.5. The van der Waals surface area contributed by atoms with Gasteiger partial charge in [0.05, 0.1) is 11.5 Å². The highest BCUT2D eigenvalue weighted by atomic mass is 32.2. The zero-order chi connectivity index (χ0) is 14.4. The number of rotatable bonds is 7. The molecule has 5 nitrogen and oxygen atoms in total. The lowest BCUT2D eigenvalue weighted by Crippen LogP contribution is -2.37. The van der Waals surface area contributed by atoms with Gasteiger partial charge >= 0.3 is 0 Å². The van der Waals surface area contributed by atoms with Gasteiger partial charge in [-0.2, -0.15) is 11.8 Å². The molecular weight excluding hydrogens is 264 g/mol. The largest absolute Gasteiger partial charge is 0.395 e. The maximum atomic E-state index is 10.9. The van der Waals surface area contributed by atoms with Gasteiger partial charge in [-0.15, -0.1) is 0 Å². The molecule has 2 unspecified atom stereocenters. The number of aliphatic hydroxyl groups excluding tert-OH is 1. The Bertz CT molecular complexity index is 436. The van der Waals surface area contributed by atoms with Gasteiger partial charge in [-0.05, 0) is 25.7 Å². The molecule has 0 radical (unpaired) electrons. The second-order valence-corrected chi connectivity index (χ2v) is 5.52. The maximum Gasteiger partial charge on any atom is 0.272 e. The van der Waals surface area contributed by atoms with Crippen LogP contribution in [0.5, 0.6) is 0 Å². The van der Waals surface area contributed by atoms with Gasteiger partial charge < -0.3 is 10.4 Å². The van der Waals surface area contributed by atoms with Crippen LogP contribution < -0.4 is 5.32 Å². The Balaban J connectivity index is 2.73. The van der Waals surface area contributed by atoms with E-state index < -0.39 is 0 Å². The van der Waals surface area contributed by atoms with Crippen molar-refractivity contribution >= 4 is 17.4 Å². The van der Waals surface area contributed by atoms with Crippen LogP contribution in [0.25, 0.3) is 0 Å². The lowest BCUT2D eigenvalue weighted by atomic mass is 10.1. The maximum absolute atomic E-state index is 10.9. The van der Waals surface area contributed by atoms with Crippen LogP contribution in [-0.4, -0.2) is 34.2 Å². The molecule has 0 saturated heterocycles. The summed E-state index contributed by atoms with van der Waals surface area (Å²) >= 11 is 1.60. The Morgan fingerprint density at radius 3 is 2.74 bits per heavy atom. The van der Waals surface area contributed by atoms with Crippen LogP contribution in [0, 0.1) is 17.0 Å². The summed E-state index contributed by atoms with van der Waals surface area (Å²) in [6.45, 7) is 4.44. The fourth-order valence-corrected chi connectivity index (χ4v) is 2.55. The van der Waals surface area contributed by atoms with Gasteiger partial charge in [-0.3, -0.25) is 10.1 Å². The second kappa shape index (κ2) is 7.47. The molecule has 0 fully saturated rings. The molecule has 1 aromatic rings. The average Bonchev–Trinajstić information content (AvgIpc) is 2.38. The van der Waals surface area contributed by atoms with Crippen molar-refractivity contribution in [1.82, 2.24) is 5.32 Å². The minimum atomic E-state index is -0.360. The SMILES string of the molecule is CSC(CO)C(C)NCc1cccc([N+](=O)[O-])c1C. The predicted octanol–water partition coefficient (Wildman–Crippen LogP) is 2.11. The topological polar surface area (TPSA) is 75.4 Å². The van der Waals surface area contributed by atoms with Crippen LogP contribution in [0.3, 0.4) is 0 Å². The number of nitrogens with one attached hydrogen (secondary N) is 1. The first kappa shape index (κ1) is 15.9. The van der Waals surface area contributed by atoms with Gasteiger partial charge in [0.15, 0.2) is 0 Å². The molecule has 0 aliphatic heterocycles. The average molecular weight is 284 g/mol. The predicted molar refractivity (Wildman–Crippen MR) is 78.5 cm³/mol. The molecule has 0 bridgehead atoms. The van der Waals surface area contributed by atoms with Crippen LogP contribution in [0.4, 0.5) is 5.69 Å². The lowest BCUT2D eigenvalue weighted by Gasteiger charge is -2.21. The van der Waals surface area contributed by atoms with Crippen LogP contribution in [0.2, 0.25) is 0 Å². The van der Waals surface area contributed by atoms with Crippen molar-refractivity contribution < 1.29 is 10.0 Å². The molecule has 2 atom stereocenters. The van der Waals surface area contributed by atoms with E-state index >= 15 is 0 Å². The Labute approximate surface area is 117 Å². The Hall–Kier alpha value is -1.11. The third kappa shape index (κ3) is 4.19. The van der Waals surface area contributed by atoms with E-state index in [-0.39, 0.29) is 28.5 Å². The molecule has 0 saturated carbocycles. The number of nitrogens with zero attached hydrogens (tertiary/aromatic N) is 1. The normalized spacial score (nSPS) is 14.1. The summed E-state index contributed by atoms with van der Waals surface area (Å²) in [6.07, 6.45) is 1.96. The standard InChI is InChI=1S/C13H20N2O3S/c1-9-11(5-4-6-12(9)15(17)18)7-14-10(2)13(8-16)19-3/h4-6,10,13-14,16H,7-8H2,1-3H3. The minimum absolute atomic E-state index is 0.114. The number of benzene rings is 1. The van der Waals surface area contributed by atoms with E-state index in [0.29, 0.717) is 12.1 Å². The molecule has 0 aliphatic carbocycles. The molecule has 0 spiro atoms. The van der Waals surface area contributed by atoms with Gasteiger partial charge in [-0.1, -0.05) is 12.1 Å². The Morgan fingerprint density at radius 1 is 1.53 bits per heavy atom. The minimum Gasteiger partial charge on any atom is -0.395 e. The zero-order valence-electron chi connectivity index (χ0n) is 11.4. The molecule has 1 aromatic carbocycles. The summed E-state index contributed by atoms with van der Waals surface area (Å²) in [4.78, 5) is 10.5. The monoisotopic (exact) mass is 284 g/mol. The van der Waals surface area contributed by atoms with E-state index in [0.717, 1.165) is 5.56 Å². The van der Waals surface area contributed by atoms with E-state index in [1.54, 1.807) is 24.8 Å². The smallest absolute Gasteiger partial charge is 0.272 e. The molecule has 0 aliphatic rings. The molecule has 0 aromatic heterocycles. The summed E-state index contributed by atoms with van der Waals surface area (Å²) in [5.74, 6) is 0. The first-order valence-electron chi connectivity index (χ1n) is 6.11. The van der Waals surface area contributed by atoms with Crippen LogP contribution >= 0.6 is 11.8 Å². The molecule has 106 valence electrons. The summed E-state index contributed by atoms with van der Waals surface area (Å²) in [7, 11) is 0.